The molecule has 0 heterocycles. The summed E-state index contributed by atoms with van der Waals surface area (Å²) in [7, 11) is -4.40. The number of aliphatic hydroxyl groups is 2. The van der Waals surface area contributed by atoms with Crippen LogP contribution in [-0.2, 0) is 10.1 Å². The number of hydrogen-bond donors (Lipinski definition) is 3. The summed E-state index contributed by atoms with van der Waals surface area (Å²) < 4.78 is 28.8. The van der Waals surface area contributed by atoms with Crippen LogP contribution in [0.5, 0.6) is 0 Å². The van der Waals surface area contributed by atoms with E-state index in [-0.39, 0.29) is 0 Å². The highest BCUT2D eigenvalue weighted by Gasteiger charge is 2.67. The molecule has 70 valence electrons. The van der Waals surface area contributed by atoms with E-state index in [1.165, 1.54) is 0 Å². The molecule has 1 aliphatic rings. The minimum absolute atomic E-state index is 1.07. The Morgan fingerprint density at radius 2 is 2.00 bits per heavy atom. The fourth-order valence-corrected chi connectivity index (χ4v) is 1.93. The van der Waals surface area contributed by atoms with Crippen molar-refractivity contribution < 1.29 is 23.2 Å². The van der Waals surface area contributed by atoms with Gasteiger partial charge < -0.3 is 10.2 Å². The average molecular weight is 197 g/mol. The molecule has 0 radical (unpaired) electrons. The maximum absolute atomic E-state index is 10.2. The summed E-state index contributed by atoms with van der Waals surface area (Å²) in [6, 6.07) is -1.36. The number of aliphatic hydroxyl groups excluding tert-OH is 1. The molecular formula is C4H7NO6S. The first-order valence-electron chi connectivity index (χ1n) is 2.99. The van der Waals surface area contributed by atoms with Crippen molar-refractivity contribution in [3.8, 4) is 0 Å². The quantitative estimate of drug-likeness (QED) is 0.359. The van der Waals surface area contributed by atoms with E-state index in [1.807, 2.05) is 0 Å². The molecule has 1 saturated carbocycles. The van der Waals surface area contributed by atoms with E-state index in [9.17, 15) is 13.3 Å². The Morgan fingerprint density at radius 3 is 2.25 bits per heavy atom. The van der Waals surface area contributed by atoms with Crippen LogP contribution in [-0.4, -0.2) is 46.7 Å². The third-order valence-corrected chi connectivity index (χ3v) is 2.57. The molecule has 3 N–H and O–H groups in total. The zero-order valence-corrected chi connectivity index (χ0v) is 6.60. The standard InChI is InChI=1S/C4H7NO6S/c6-3-2(5-8)4(3,7)1-12(9,10)11/h2-3,6-7H,1H2,(H,9,10,11). The molecule has 0 aliphatic heterocycles. The minimum atomic E-state index is -4.40. The van der Waals surface area contributed by atoms with E-state index in [1.54, 1.807) is 0 Å². The van der Waals surface area contributed by atoms with Crippen molar-refractivity contribution in [2.24, 2.45) is 5.18 Å². The summed E-state index contributed by atoms with van der Waals surface area (Å²) in [5.74, 6) is -1.07. The molecule has 0 saturated heterocycles. The molecule has 3 unspecified atom stereocenters. The second kappa shape index (κ2) is 2.46. The fraction of sp³-hybridized carbons (Fsp3) is 1.00. The van der Waals surface area contributed by atoms with Gasteiger partial charge in [-0.2, -0.15) is 13.3 Å². The number of hydrogen-bond acceptors (Lipinski definition) is 6. The third-order valence-electron chi connectivity index (χ3n) is 1.74. The smallest absolute Gasteiger partial charge is 0.267 e. The Morgan fingerprint density at radius 1 is 1.50 bits per heavy atom. The SMILES string of the molecule is O=NC1C(O)C1(O)CS(=O)(=O)O. The molecule has 0 amide bonds. The topological polar surface area (TPSA) is 124 Å². The Bertz CT molecular complexity index is 299. The summed E-state index contributed by atoms with van der Waals surface area (Å²) in [6.45, 7) is 0. The second-order valence-corrected chi connectivity index (χ2v) is 4.17. The van der Waals surface area contributed by atoms with Gasteiger partial charge in [0.2, 0.25) is 0 Å². The van der Waals surface area contributed by atoms with Gasteiger partial charge in [0.15, 0.2) is 6.04 Å². The van der Waals surface area contributed by atoms with Crippen LogP contribution in [0.25, 0.3) is 0 Å². The Labute approximate surface area is 67.7 Å². The van der Waals surface area contributed by atoms with E-state index in [4.69, 9.17) is 14.8 Å². The zero-order valence-electron chi connectivity index (χ0n) is 5.78. The van der Waals surface area contributed by atoms with Crippen LogP contribution in [0, 0.1) is 4.91 Å². The van der Waals surface area contributed by atoms with Gasteiger partial charge in [-0.05, 0) is 0 Å². The molecule has 7 nitrogen and oxygen atoms in total. The molecule has 1 rings (SSSR count). The molecule has 0 bridgehead atoms. The summed E-state index contributed by atoms with van der Waals surface area (Å²) in [5.41, 5.74) is -2.10. The van der Waals surface area contributed by atoms with Crippen LogP contribution >= 0.6 is 0 Å². The molecule has 3 atom stereocenters. The third kappa shape index (κ3) is 1.46. The van der Waals surface area contributed by atoms with Gasteiger partial charge in [0, 0.05) is 0 Å². The first-order chi connectivity index (χ1) is 5.31. The normalized spacial score (nSPS) is 40.9. The van der Waals surface area contributed by atoms with E-state index < -0.39 is 33.6 Å². The number of nitroso groups, excluding NO2 is 1. The van der Waals surface area contributed by atoms with Gasteiger partial charge in [-0.25, -0.2) is 0 Å². The van der Waals surface area contributed by atoms with Gasteiger partial charge in [-0.3, -0.25) is 4.55 Å². The van der Waals surface area contributed by atoms with Gasteiger partial charge in [0.1, 0.15) is 17.5 Å². The Balaban J connectivity index is 2.73. The van der Waals surface area contributed by atoms with Crippen LogP contribution in [0.2, 0.25) is 0 Å². The summed E-state index contributed by atoms with van der Waals surface area (Å²) >= 11 is 0. The van der Waals surface area contributed by atoms with Gasteiger partial charge in [0.25, 0.3) is 10.1 Å². The monoisotopic (exact) mass is 197 g/mol. The average Bonchev–Trinajstić information content (AvgIpc) is 2.30. The van der Waals surface area contributed by atoms with E-state index in [0.29, 0.717) is 0 Å². The van der Waals surface area contributed by atoms with Crippen molar-refractivity contribution in [3.63, 3.8) is 0 Å². The highest BCUT2D eigenvalue weighted by Crippen LogP contribution is 2.40. The molecular weight excluding hydrogens is 190 g/mol. The Kier molecular flexibility index (Phi) is 1.95. The van der Waals surface area contributed by atoms with Crippen molar-refractivity contribution >= 4 is 10.1 Å². The fourth-order valence-electron chi connectivity index (χ4n) is 1.000. The summed E-state index contributed by atoms with van der Waals surface area (Å²) in [6.07, 6.45) is -1.50. The lowest BCUT2D eigenvalue weighted by atomic mass is 10.4. The highest BCUT2D eigenvalue weighted by molar-refractivity contribution is 7.85. The molecule has 0 aromatic heterocycles. The van der Waals surface area contributed by atoms with Gasteiger partial charge in [0.05, 0.1) is 0 Å². The first-order valence-corrected chi connectivity index (χ1v) is 4.60. The van der Waals surface area contributed by atoms with E-state index >= 15 is 0 Å². The molecule has 12 heavy (non-hydrogen) atoms. The highest BCUT2D eigenvalue weighted by atomic mass is 32.2. The predicted molar refractivity (Wildman–Crippen MR) is 37.0 cm³/mol. The second-order valence-electron chi connectivity index (χ2n) is 2.71. The maximum atomic E-state index is 10.2. The lowest BCUT2D eigenvalue weighted by Crippen LogP contribution is -2.27. The Hall–Kier alpha value is -0.570. The minimum Gasteiger partial charge on any atom is -0.387 e. The molecule has 8 heteroatoms. The van der Waals surface area contributed by atoms with Crippen molar-refractivity contribution in [3.05, 3.63) is 4.91 Å². The van der Waals surface area contributed by atoms with Crippen molar-refractivity contribution in [2.45, 2.75) is 17.7 Å². The maximum Gasteiger partial charge on any atom is 0.267 e. The molecule has 1 fully saturated rings. The predicted octanol–water partition coefficient (Wildman–Crippen LogP) is -1.89. The van der Waals surface area contributed by atoms with Crippen LogP contribution in [0.4, 0.5) is 0 Å². The van der Waals surface area contributed by atoms with Gasteiger partial charge in [-0.1, -0.05) is 5.18 Å². The van der Waals surface area contributed by atoms with Gasteiger partial charge >= 0.3 is 0 Å². The molecule has 0 aromatic carbocycles. The summed E-state index contributed by atoms with van der Waals surface area (Å²) in [5, 5.41) is 20.2. The largest absolute Gasteiger partial charge is 0.387 e. The summed E-state index contributed by atoms with van der Waals surface area (Å²) in [4.78, 5) is 9.83. The van der Waals surface area contributed by atoms with Crippen LogP contribution in [0.15, 0.2) is 5.18 Å². The van der Waals surface area contributed by atoms with Crippen LogP contribution < -0.4 is 0 Å². The molecule has 0 aromatic rings. The number of nitrogens with zero attached hydrogens (tertiary/aromatic N) is 1. The first kappa shape index (κ1) is 9.52. The van der Waals surface area contributed by atoms with Gasteiger partial charge in [-0.15, -0.1) is 0 Å². The van der Waals surface area contributed by atoms with Crippen molar-refractivity contribution in [2.75, 3.05) is 5.75 Å². The van der Waals surface area contributed by atoms with Crippen molar-refractivity contribution in [1.82, 2.24) is 0 Å². The van der Waals surface area contributed by atoms with E-state index in [0.717, 1.165) is 0 Å². The van der Waals surface area contributed by atoms with Crippen molar-refractivity contribution in [1.29, 1.82) is 0 Å². The van der Waals surface area contributed by atoms with E-state index in [2.05, 4.69) is 5.18 Å². The zero-order chi connectivity index (χ0) is 9.57. The van der Waals surface area contributed by atoms with Crippen LogP contribution in [0.1, 0.15) is 0 Å². The molecule has 0 spiro atoms. The van der Waals surface area contributed by atoms with Crippen LogP contribution in [0.3, 0.4) is 0 Å². The lowest BCUT2D eigenvalue weighted by molar-refractivity contribution is 0.102. The molecule has 1 aliphatic carbocycles. The lowest BCUT2D eigenvalue weighted by Gasteiger charge is -2.03. The number of rotatable bonds is 3.